The van der Waals surface area contributed by atoms with Gasteiger partial charge in [-0.2, -0.15) is 0 Å². The van der Waals surface area contributed by atoms with Crippen LogP contribution >= 0.6 is 0 Å². The summed E-state index contributed by atoms with van der Waals surface area (Å²) in [4.78, 5) is 85.8. The first-order valence-electron chi connectivity index (χ1n) is 20.6. The summed E-state index contributed by atoms with van der Waals surface area (Å²) in [6.07, 6.45) is 3.15. The molecule has 17 nitrogen and oxygen atoms in total. The van der Waals surface area contributed by atoms with Gasteiger partial charge in [-0.3, -0.25) is 14.5 Å². The van der Waals surface area contributed by atoms with Crippen molar-refractivity contribution in [3.05, 3.63) is 72.6 Å². The number of hydrogen-bond donors (Lipinski definition) is 4. The lowest BCUT2D eigenvalue weighted by molar-refractivity contribution is -0.136. The van der Waals surface area contributed by atoms with E-state index in [1.165, 1.54) is 24.0 Å². The molecule has 4 aromatic rings. The summed E-state index contributed by atoms with van der Waals surface area (Å²) in [5.74, 6) is 0.261. The highest BCUT2D eigenvalue weighted by molar-refractivity contribution is 5.87. The summed E-state index contributed by atoms with van der Waals surface area (Å²) < 4.78 is 15.2. The summed E-state index contributed by atoms with van der Waals surface area (Å²) in [6, 6.07) is 13.7. The molecule has 6 rings (SSSR count). The fourth-order valence-corrected chi connectivity index (χ4v) is 7.62. The number of aromatic nitrogens is 4. The van der Waals surface area contributed by atoms with Crippen LogP contribution in [0.15, 0.2) is 60.9 Å². The molecular formula is C44H57N9O8. The van der Waals surface area contributed by atoms with E-state index < -0.39 is 42.0 Å². The number of methoxy groups -OCH3 is 2. The molecule has 1 unspecified atom stereocenters. The second kappa shape index (κ2) is 18.5. The SMILES string of the molecule is COC(=O)NC(C(=O)N1CN(C(=O)OC(C)(C)C)C[C@H]1c1ncc(-c2ccc(-c3ccc(-c4cnc([C@@H]5CCCN5C(=O)[C@@H](NC(=O)OC)C(C)C)[nH]4)cc3)cc2)[nH]1)C(C)C. The fraction of sp³-hybridized carbons (Fsp3) is 0.477. The lowest BCUT2D eigenvalue weighted by Gasteiger charge is -2.30. The lowest BCUT2D eigenvalue weighted by Crippen LogP contribution is -2.51. The predicted molar refractivity (Wildman–Crippen MR) is 226 cm³/mol. The molecule has 2 aromatic carbocycles. The molecule has 4 atom stereocenters. The highest BCUT2D eigenvalue weighted by Gasteiger charge is 2.43. The van der Waals surface area contributed by atoms with Gasteiger partial charge in [-0.25, -0.2) is 24.4 Å². The minimum absolute atomic E-state index is 0.0494. The number of carbonyl (C=O) groups excluding carboxylic acids is 5. The minimum atomic E-state index is -0.899. The van der Waals surface area contributed by atoms with Crippen molar-refractivity contribution in [2.75, 3.05) is 34.0 Å². The molecule has 0 bridgehead atoms. The van der Waals surface area contributed by atoms with Crippen LogP contribution in [-0.2, 0) is 23.8 Å². The topological polar surface area (TPSA) is 204 Å². The molecule has 61 heavy (non-hydrogen) atoms. The number of hydrogen-bond acceptors (Lipinski definition) is 10. The number of alkyl carbamates (subject to hydrolysis) is 2. The number of imidazole rings is 2. The van der Waals surface area contributed by atoms with E-state index in [0.29, 0.717) is 18.2 Å². The number of benzene rings is 2. The fourth-order valence-electron chi connectivity index (χ4n) is 7.62. The predicted octanol–water partition coefficient (Wildman–Crippen LogP) is 6.64. The number of rotatable bonds is 11. The molecule has 0 radical (unpaired) electrons. The highest BCUT2D eigenvalue weighted by atomic mass is 16.6. The Hall–Kier alpha value is -6.39. The number of ether oxygens (including phenoxy) is 3. The standard InChI is InChI=1S/C44H57N9O8/c1-25(2)35(49-41(56)59-8)39(54)52-20-10-11-33(52)37-45-21-31(47-37)29-16-12-27(13-17-29)28-14-18-30(19-15-28)32-22-46-38(48-32)34-23-51(43(58)61-44(5,6)7)24-53(34)40(55)36(26(3)4)50-42(57)60-9/h12-19,21-22,25-26,33-36H,10-11,20,23-24H2,1-9H3,(H,45,47)(H,46,48)(H,49,56)(H,50,57)/t33-,34-,35-,36?/m0/s1. The number of amides is 5. The molecule has 17 heteroatoms. The monoisotopic (exact) mass is 839 g/mol. The second-order valence-corrected chi connectivity index (χ2v) is 17.1. The highest BCUT2D eigenvalue weighted by Crippen LogP contribution is 2.34. The van der Waals surface area contributed by atoms with Crippen LogP contribution in [0.2, 0.25) is 0 Å². The van der Waals surface area contributed by atoms with Gasteiger partial charge in [-0.05, 0) is 67.7 Å². The smallest absolute Gasteiger partial charge is 0.411 e. The Balaban J connectivity index is 1.15. The van der Waals surface area contributed by atoms with Crippen molar-refractivity contribution in [2.45, 2.75) is 91.1 Å². The van der Waals surface area contributed by atoms with E-state index in [1.54, 1.807) is 38.1 Å². The van der Waals surface area contributed by atoms with Gasteiger partial charge in [0.2, 0.25) is 11.8 Å². The van der Waals surface area contributed by atoms with Gasteiger partial charge in [0.1, 0.15) is 35.4 Å². The van der Waals surface area contributed by atoms with Gasteiger partial charge in [0.25, 0.3) is 0 Å². The Morgan fingerprint density at radius 2 is 1.13 bits per heavy atom. The number of nitrogens with zero attached hydrogens (tertiary/aromatic N) is 5. The summed E-state index contributed by atoms with van der Waals surface area (Å²) in [5, 5.41) is 5.33. The molecule has 2 aromatic heterocycles. The van der Waals surface area contributed by atoms with Crippen molar-refractivity contribution in [1.82, 2.24) is 45.3 Å². The maximum atomic E-state index is 14.0. The van der Waals surface area contributed by atoms with E-state index in [1.807, 2.05) is 76.2 Å². The average Bonchev–Trinajstić information content (AvgIpc) is 4.07. The summed E-state index contributed by atoms with van der Waals surface area (Å²) in [5.41, 5.74) is 4.64. The molecule has 326 valence electrons. The zero-order chi connectivity index (χ0) is 44.2. The van der Waals surface area contributed by atoms with E-state index in [4.69, 9.17) is 14.2 Å². The van der Waals surface area contributed by atoms with E-state index in [9.17, 15) is 24.0 Å². The molecule has 2 saturated heterocycles. The molecule has 4 heterocycles. The van der Waals surface area contributed by atoms with E-state index in [2.05, 4.69) is 30.6 Å². The molecule has 2 fully saturated rings. The van der Waals surface area contributed by atoms with Gasteiger partial charge in [-0.15, -0.1) is 0 Å². The molecule has 5 amide bonds. The zero-order valence-corrected chi connectivity index (χ0v) is 36.3. The third-order valence-corrected chi connectivity index (χ3v) is 10.9. The Kier molecular flexibility index (Phi) is 13.4. The summed E-state index contributed by atoms with van der Waals surface area (Å²) in [7, 11) is 2.52. The quantitative estimate of drug-likeness (QED) is 0.119. The van der Waals surface area contributed by atoms with E-state index >= 15 is 0 Å². The van der Waals surface area contributed by atoms with Gasteiger partial charge in [0, 0.05) is 6.54 Å². The van der Waals surface area contributed by atoms with Crippen molar-refractivity contribution >= 4 is 30.1 Å². The third-order valence-electron chi connectivity index (χ3n) is 10.9. The largest absolute Gasteiger partial charge is 0.453 e. The number of H-pyrrole nitrogens is 2. The molecule has 2 aliphatic rings. The average molecular weight is 840 g/mol. The molecule has 4 N–H and O–H groups in total. The van der Waals surface area contributed by atoms with Crippen molar-refractivity contribution in [3.8, 4) is 33.6 Å². The number of carbonyl (C=O) groups is 5. The normalized spacial score (nSPS) is 17.7. The first-order valence-corrected chi connectivity index (χ1v) is 20.6. The van der Waals surface area contributed by atoms with Gasteiger partial charge in [0.15, 0.2) is 0 Å². The van der Waals surface area contributed by atoms with Crippen molar-refractivity contribution < 1.29 is 38.2 Å². The van der Waals surface area contributed by atoms with Crippen molar-refractivity contribution in [2.24, 2.45) is 11.8 Å². The zero-order valence-electron chi connectivity index (χ0n) is 36.3. The van der Waals surface area contributed by atoms with Crippen LogP contribution in [0.1, 0.15) is 85.0 Å². The summed E-state index contributed by atoms with van der Waals surface area (Å²) >= 11 is 0. The number of aromatic amines is 2. The first kappa shape index (κ1) is 44.2. The number of nitrogens with one attached hydrogen (secondary N) is 4. The molecule has 0 saturated carbocycles. The van der Waals surface area contributed by atoms with Gasteiger partial charge in [-0.1, -0.05) is 76.2 Å². The van der Waals surface area contributed by atoms with Crippen molar-refractivity contribution in [3.63, 3.8) is 0 Å². The maximum absolute atomic E-state index is 14.0. The molecule has 0 spiro atoms. The lowest BCUT2D eigenvalue weighted by atomic mass is 10.0. The van der Waals surface area contributed by atoms with Crippen LogP contribution in [0.25, 0.3) is 33.6 Å². The van der Waals surface area contributed by atoms with Gasteiger partial charge < -0.3 is 44.6 Å². The van der Waals surface area contributed by atoms with E-state index in [-0.39, 0.29) is 42.9 Å². The Bertz CT molecular complexity index is 2190. The van der Waals surface area contributed by atoms with Crippen LogP contribution in [0.3, 0.4) is 0 Å². The maximum Gasteiger partial charge on any atom is 0.411 e. The van der Waals surface area contributed by atoms with Crippen molar-refractivity contribution in [1.29, 1.82) is 0 Å². The molecule has 2 aliphatic heterocycles. The summed E-state index contributed by atoms with van der Waals surface area (Å²) in [6.45, 7) is 13.4. The van der Waals surface area contributed by atoms with Crippen LogP contribution in [0.4, 0.5) is 14.4 Å². The van der Waals surface area contributed by atoms with Gasteiger partial charge in [0.05, 0.1) is 57.3 Å². The minimum Gasteiger partial charge on any atom is -0.453 e. The van der Waals surface area contributed by atoms with Gasteiger partial charge >= 0.3 is 18.3 Å². The first-order chi connectivity index (χ1) is 29.0. The van der Waals surface area contributed by atoms with E-state index in [0.717, 1.165) is 46.5 Å². The second-order valence-electron chi connectivity index (χ2n) is 17.1. The number of likely N-dealkylation sites (tertiary alicyclic amines) is 1. The Morgan fingerprint density at radius 3 is 1.57 bits per heavy atom. The van der Waals surface area contributed by atoms with Crippen LogP contribution in [0, 0.1) is 11.8 Å². The van der Waals surface area contributed by atoms with Crippen LogP contribution in [-0.4, -0.2) is 116 Å². The molecule has 0 aliphatic carbocycles. The molecular weight excluding hydrogens is 783 g/mol. The Labute approximate surface area is 355 Å². The van der Waals surface area contributed by atoms with Crippen LogP contribution < -0.4 is 10.6 Å². The van der Waals surface area contributed by atoms with Crippen LogP contribution in [0.5, 0.6) is 0 Å². The Morgan fingerprint density at radius 1 is 0.689 bits per heavy atom. The third kappa shape index (κ3) is 10.2.